The summed E-state index contributed by atoms with van der Waals surface area (Å²) in [5.41, 5.74) is 0.581. The number of hydrogen-bond acceptors (Lipinski definition) is 3. The molecule has 1 aromatic rings. The van der Waals surface area contributed by atoms with E-state index in [1.807, 2.05) is 0 Å². The molecule has 1 heterocycles. The molecule has 2 rings (SSSR count). The molecule has 1 aromatic carbocycles. The molecule has 4 nitrogen and oxygen atoms in total. The van der Waals surface area contributed by atoms with Crippen LogP contribution in [0.15, 0.2) is 24.3 Å². The van der Waals surface area contributed by atoms with Gasteiger partial charge in [0.05, 0.1) is 0 Å². The minimum atomic E-state index is -0.422. The molecule has 1 aliphatic rings. The van der Waals surface area contributed by atoms with Crippen molar-refractivity contribution in [1.82, 2.24) is 4.31 Å². The Morgan fingerprint density at radius 1 is 1.50 bits per heavy atom. The molecule has 84 valence electrons. The second-order valence-electron chi connectivity index (χ2n) is 3.21. The van der Waals surface area contributed by atoms with Gasteiger partial charge in [0.1, 0.15) is 0 Å². The predicted octanol–water partition coefficient (Wildman–Crippen LogP) is 2.75. The number of halogens is 1. The zero-order valence-electron chi connectivity index (χ0n) is 8.27. The van der Waals surface area contributed by atoms with Gasteiger partial charge in [0.2, 0.25) is 5.91 Å². The fourth-order valence-corrected chi connectivity index (χ4v) is 2.35. The van der Waals surface area contributed by atoms with Crippen LogP contribution in [0.2, 0.25) is 5.02 Å². The van der Waals surface area contributed by atoms with Gasteiger partial charge < -0.3 is 5.32 Å². The van der Waals surface area contributed by atoms with Gasteiger partial charge >= 0.3 is 6.03 Å². The molecule has 0 spiro atoms. The average molecular weight is 257 g/mol. The third kappa shape index (κ3) is 2.48. The van der Waals surface area contributed by atoms with Gasteiger partial charge in [0.25, 0.3) is 0 Å². The number of benzene rings is 1. The third-order valence-corrected chi connectivity index (χ3v) is 3.27. The maximum Gasteiger partial charge on any atom is 0.338 e. The maximum atomic E-state index is 11.7. The standard InChI is InChI=1S/C10H9ClN2O2S/c11-7-2-1-3-8(6-7)12-10(15)13-9(14)4-5-16-13/h1-3,6H,4-5H2,(H,12,15). The molecule has 1 saturated heterocycles. The van der Waals surface area contributed by atoms with Crippen molar-refractivity contribution in [1.29, 1.82) is 0 Å². The Kier molecular flexibility index (Phi) is 3.36. The van der Waals surface area contributed by atoms with E-state index in [9.17, 15) is 9.59 Å². The molecule has 0 radical (unpaired) electrons. The van der Waals surface area contributed by atoms with Gasteiger partial charge in [-0.1, -0.05) is 17.7 Å². The van der Waals surface area contributed by atoms with Gasteiger partial charge in [-0.15, -0.1) is 0 Å². The van der Waals surface area contributed by atoms with Gasteiger partial charge in [-0.2, -0.15) is 0 Å². The summed E-state index contributed by atoms with van der Waals surface area (Å²) in [7, 11) is 0. The molecule has 0 bridgehead atoms. The lowest BCUT2D eigenvalue weighted by atomic mass is 10.3. The zero-order valence-corrected chi connectivity index (χ0v) is 9.85. The lowest BCUT2D eigenvalue weighted by Crippen LogP contribution is -2.30. The lowest BCUT2D eigenvalue weighted by molar-refractivity contribution is -0.122. The Bertz CT molecular complexity index is 439. The van der Waals surface area contributed by atoms with E-state index < -0.39 is 6.03 Å². The Labute approximate surface area is 102 Å². The largest absolute Gasteiger partial charge is 0.338 e. The number of imide groups is 1. The summed E-state index contributed by atoms with van der Waals surface area (Å²) in [5.74, 6) is 0.492. The maximum absolute atomic E-state index is 11.7. The van der Waals surface area contributed by atoms with E-state index >= 15 is 0 Å². The van der Waals surface area contributed by atoms with Crippen LogP contribution in [-0.2, 0) is 4.79 Å². The van der Waals surface area contributed by atoms with E-state index in [1.165, 1.54) is 11.9 Å². The third-order valence-electron chi connectivity index (χ3n) is 2.02. The molecule has 3 amide bonds. The van der Waals surface area contributed by atoms with Crippen molar-refractivity contribution in [3.8, 4) is 0 Å². The van der Waals surface area contributed by atoms with Crippen LogP contribution in [0, 0.1) is 0 Å². The quantitative estimate of drug-likeness (QED) is 0.786. The van der Waals surface area contributed by atoms with Crippen LogP contribution in [0.3, 0.4) is 0 Å². The molecule has 6 heteroatoms. The number of anilines is 1. The predicted molar refractivity (Wildman–Crippen MR) is 64.4 cm³/mol. The Balaban J connectivity index is 2.04. The highest BCUT2D eigenvalue weighted by atomic mass is 35.5. The van der Waals surface area contributed by atoms with E-state index in [0.29, 0.717) is 22.9 Å². The first-order valence-electron chi connectivity index (χ1n) is 4.69. The summed E-state index contributed by atoms with van der Waals surface area (Å²) in [6, 6.07) is 6.37. The van der Waals surface area contributed by atoms with Crippen molar-refractivity contribution in [3.05, 3.63) is 29.3 Å². The number of hydrogen-bond donors (Lipinski definition) is 1. The average Bonchev–Trinajstić information content (AvgIpc) is 2.64. The smallest absolute Gasteiger partial charge is 0.307 e. The van der Waals surface area contributed by atoms with Crippen molar-refractivity contribution < 1.29 is 9.59 Å². The Hall–Kier alpha value is -1.20. The number of nitrogens with zero attached hydrogens (tertiary/aromatic N) is 1. The molecule has 0 atom stereocenters. The molecule has 0 unspecified atom stereocenters. The first-order valence-corrected chi connectivity index (χ1v) is 6.01. The van der Waals surface area contributed by atoms with E-state index in [4.69, 9.17) is 11.6 Å². The summed E-state index contributed by atoms with van der Waals surface area (Å²) in [6.07, 6.45) is 0.410. The molecular weight excluding hydrogens is 248 g/mol. The van der Waals surface area contributed by atoms with Crippen molar-refractivity contribution in [2.45, 2.75) is 6.42 Å². The van der Waals surface area contributed by atoms with E-state index in [2.05, 4.69) is 5.32 Å². The fraction of sp³-hybridized carbons (Fsp3) is 0.200. The van der Waals surface area contributed by atoms with Gasteiger partial charge in [0.15, 0.2) is 0 Å². The first kappa shape index (κ1) is 11.3. The van der Waals surface area contributed by atoms with Crippen molar-refractivity contribution in [3.63, 3.8) is 0 Å². The van der Waals surface area contributed by atoms with Crippen LogP contribution < -0.4 is 5.32 Å². The molecule has 1 fully saturated rings. The minimum absolute atomic E-state index is 0.162. The number of rotatable bonds is 1. The molecule has 1 N–H and O–H groups in total. The normalized spacial score (nSPS) is 15.3. The topological polar surface area (TPSA) is 49.4 Å². The summed E-state index contributed by atoms with van der Waals surface area (Å²) >= 11 is 7.00. The van der Waals surface area contributed by atoms with Crippen LogP contribution >= 0.6 is 23.5 Å². The monoisotopic (exact) mass is 256 g/mol. The second-order valence-corrected chi connectivity index (χ2v) is 4.68. The van der Waals surface area contributed by atoms with Crippen LogP contribution in [0.1, 0.15) is 6.42 Å². The molecule has 0 aromatic heterocycles. The van der Waals surface area contributed by atoms with Crippen LogP contribution in [-0.4, -0.2) is 22.0 Å². The second kappa shape index (κ2) is 4.76. The lowest BCUT2D eigenvalue weighted by Gasteiger charge is -2.13. The Morgan fingerprint density at radius 2 is 2.31 bits per heavy atom. The summed E-state index contributed by atoms with van der Waals surface area (Å²) in [6.45, 7) is 0. The highest BCUT2D eigenvalue weighted by molar-refractivity contribution is 7.98. The first-order chi connectivity index (χ1) is 7.66. The molecule has 0 aliphatic carbocycles. The van der Waals surface area contributed by atoms with E-state index in [-0.39, 0.29) is 5.91 Å². The van der Waals surface area contributed by atoms with Crippen LogP contribution in [0.4, 0.5) is 10.5 Å². The van der Waals surface area contributed by atoms with Crippen molar-refractivity contribution in [2.75, 3.05) is 11.1 Å². The molecule has 0 saturated carbocycles. The van der Waals surface area contributed by atoms with E-state index in [0.717, 1.165) is 4.31 Å². The van der Waals surface area contributed by atoms with Crippen molar-refractivity contribution >= 4 is 41.2 Å². The fourth-order valence-electron chi connectivity index (χ4n) is 1.31. The van der Waals surface area contributed by atoms with Crippen molar-refractivity contribution in [2.24, 2.45) is 0 Å². The van der Waals surface area contributed by atoms with Gasteiger partial charge in [-0.3, -0.25) is 4.79 Å². The highest BCUT2D eigenvalue weighted by Crippen LogP contribution is 2.23. The van der Waals surface area contributed by atoms with Gasteiger partial charge in [0, 0.05) is 22.9 Å². The number of nitrogens with one attached hydrogen (secondary N) is 1. The van der Waals surface area contributed by atoms with Crippen LogP contribution in [0.5, 0.6) is 0 Å². The Morgan fingerprint density at radius 3 is 2.94 bits per heavy atom. The molecule has 1 aliphatic heterocycles. The van der Waals surface area contributed by atoms with Crippen LogP contribution in [0.25, 0.3) is 0 Å². The number of amides is 3. The van der Waals surface area contributed by atoms with Gasteiger partial charge in [-0.25, -0.2) is 9.10 Å². The number of carbonyl (C=O) groups is 2. The molecular formula is C10H9ClN2O2S. The number of carbonyl (C=O) groups excluding carboxylic acids is 2. The SMILES string of the molecule is O=C1CCSN1C(=O)Nc1cccc(Cl)c1. The number of urea groups is 1. The minimum Gasteiger partial charge on any atom is -0.307 e. The highest BCUT2D eigenvalue weighted by Gasteiger charge is 2.27. The summed E-state index contributed by atoms with van der Waals surface area (Å²) in [5, 5.41) is 3.16. The zero-order chi connectivity index (χ0) is 11.5. The van der Waals surface area contributed by atoms with Gasteiger partial charge in [-0.05, 0) is 30.1 Å². The summed E-state index contributed by atoms with van der Waals surface area (Å²) < 4.78 is 1.14. The summed E-state index contributed by atoms with van der Waals surface area (Å²) in [4.78, 5) is 23.0. The molecule has 16 heavy (non-hydrogen) atoms. The van der Waals surface area contributed by atoms with E-state index in [1.54, 1.807) is 24.3 Å².